The highest BCUT2D eigenvalue weighted by Crippen LogP contribution is 2.38. The molecular formula is C66H77BrClF4N15O16S3. The number of aromatic nitrogens is 10. The van der Waals surface area contributed by atoms with Crippen LogP contribution in [0.3, 0.4) is 0 Å². The van der Waals surface area contributed by atoms with E-state index in [9.17, 15) is 77.6 Å². The lowest BCUT2D eigenvalue weighted by Gasteiger charge is -2.19. The van der Waals surface area contributed by atoms with Crippen molar-refractivity contribution in [3.05, 3.63) is 194 Å². The molecular weight excluding hydrogens is 1550 g/mol. The quantitative estimate of drug-likeness (QED) is 0.0210. The summed E-state index contributed by atoms with van der Waals surface area (Å²) in [4.78, 5) is 59.7. The minimum atomic E-state index is -4.60. The number of aliphatic hydroxyl groups excluding tert-OH is 4. The van der Waals surface area contributed by atoms with Gasteiger partial charge in [-0.2, -0.15) is 48.6 Å². The van der Waals surface area contributed by atoms with Crippen LogP contribution in [-0.2, 0) is 69.1 Å². The van der Waals surface area contributed by atoms with Crippen molar-refractivity contribution in [3.8, 4) is 0 Å². The standard InChI is InChI=1S/C24H27BrFN5O5S.C24H24ClF3N4O5S.C18H26N6O6S/c1-2-20(14-4-3-5-17(25)8-14)31-7-6-15(11-31)22(32)18-10-28-13-29-24(18)30-19-9-16(23(33)21(19)26)12-36-37(27,34)35;25-20-2-1-14(9-19(20)24(26,27)28)12-32-6-4-21(31-32)23(34)18-11-30-5-3-16(18)7-15-8-17(22(33)10-15)13-37-38(29,35)36;1-10(2)7-24-4-3-13(23-24)16(26)12-6-20-9-21-18(12)22-14-5-11(15(25)17(14)27)8-30-31(19,28)29/h3-8,10-11,13,16,19-21,23,33H,2,9,12H2,1H3,(H2,27,34,35)(H,28,29,30);1-6,9,11,15,17,22,33H,7-8,10,12-13H2,(H2,29,35,36);3-4,6,9-11,14-15,17,25,27H,5,7-8H2,1-2H3,(H2,19,28,29)(H,20,21,22)/t16-,19-,20?,21-,23-;15-,17-,22+;11-,14-,15-,17+/m111/s1. The monoisotopic (exact) mass is 1620 g/mol. The Balaban J connectivity index is 0.000000185. The molecule has 6 aromatic heterocycles. The number of hydrogen-bond acceptors (Lipinski definition) is 25. The summed E-state index contributed by atoms with van der Waals surface area (Å²) in [5, 5.41) is 69.6. The Kier molecular flexibility index (Phi) is 27.4. The second kappa shape index (κ2) is 35.4. The molecule has 12 N–H and O–H groups in total. The third-order valence-electron chi connectivity index (χ3n) is 17.8. The number of rotatable bonds is 28. The van der Waals surface area contributed by atoms with Crippen LogP contribution in [0, 0.1) is 29.6 Å². The van der Waals surface area contributed by atoms with Crippen molar-refractivity contribution in [1.29, 1.82) is 0 Å². The number of hydrogen-bond donors (Lipinski definition) is 9. The van der Waals surface area contributed by atoms with Gasteiger partial charge in [0.15, 0.2) is 5.78 Å². The predicted molar refractivity (Wildman–Crippen MR) is 378 cm³/mol. The molecule has 0 saturated heterocycles. The third kappa shape index (κ3) is 22.3. The molecule has 0 spiro atoms. The molecule has 31 nitrogen and oxygen atoms in total. The minimum Gasteiger partial charge on any atom is -0.393 e. The van der Waals surface area contributed by atoms with Gasteiger partial charge in [0, 0.05) is 89.5 Å². The maximum atomic E-state index is 14.8. The van der Waals surface area contributed by atoms with Crippen LogP contribution in [0.1, 0.15) is 129 Å². The first kappa shape index (κ1) is 82.1. The van der Waals surface area contributed by atoms with Gasteiger partial charge in [0.05, 0.1) is 84.5 Å². The van der Waals surface area contributed by atoms with E-state index in [2.05, 4.69) is 81.2 Å². The number of benzene rings is 2. The molecule has 3 fully saturated rings. The van der Waals surface area contributed by atoms with Gasteiger partial charge >= 0.3 is 37.1 Å². The number of nitrogens with two attached hydrogens (primary N) is 3. The number of aliphatic hydroxyl groups is 4. The van der Waals surface area contributed by atoms with Crippen LogP contribution in [0.25, 0.3) is 0 Å². The summed E-state index contributed by atoms with van der Waals surface area (Å²) in [6, 6.07) is 16.4. The topological polar surface area (TPSA) is 469 Å². The van der Waals surface area contributed by atoms with Crippen LogP contribution in [0.15, 0.2) is 133 Å². The zero-order chi connectivity index (χ0) is 77.2. The lowest BCUT2D eigenvalue weighted by atomic mass is 9.93. The van der Waals surface area contributed by atoms with Crippen LogP contribution in [0.4, 0.5) is 29.2 Å². The zero-order valence-electron chi connectivity index (χ0n) is 56.8. The van der Waals surface area contributed by atoms with Gasteiger partial charge in [0.25, 0.3) is 0 Å². The average Bonchev–Trinajstić information content (AvgIpc) is 1.63. The average molecular weight is 1620 g/mol. The summed E-state index contributed by atoms with van der Waals surface area (Å²) in [5.41, 5.74) is 2.47. The van der Waals surface area contributed by atoms with Gasteiger partial charge in [-0.3, -0.25) is 41.3 Å². The van der Waals surface area contributed by atoms with Crippen molar-refractivity contribution in [2.24, 2.45) is 45.0 Å². The minimum absolute atomic E-state index is 0.00460. The van der Waals surface area contributed by atoms with E-state index in [0.717, 1.165) is 22.5 Å². The number of nitrogens with one attached hydrogen (secondary N) is 2. The summed E-state index contributed by atoms with van der Waals surface area (Å²) < 4.78 is 140. The summed E-state index contributed by atoms with van der Waals surface area (Å²) >= 11 is 9.18. The van der Waals surface area contributed by atoms with Gasteiger partial charge in [-0.1, -0.05) is 66.5 Å². The maximum absolute atomic E-state index is 14.8. The van der Waals surface area contributed by atoms with Crippen molar-refractivity contribution in [1.82, 2.24) is 49.0 Å². The fourth-order valence-corrected chi connectivity index (χ4v) is 14.5. The number of alkyl halides is 4. The molecule has 6 heterocycles. The molecule has 11 rings (SSSR count). The number of pyridine rings is 1. The van der Waals surface area contributed by atoms with E-state index in [4.69, 9.17) is 27.0 Å². The van der Waals surface area contributed by atoms with Gasteiger partial charge in [0.1, 0.15) is 48.0 Å². The summed E-state index contributed by atoms with van der Waals surface area (Å²) in [6.07, 6.45) is 6.15. The SMILES string of the molecule is CC(C)Cn1ccc(C(=O)c2cncnc2N[C@@H]2C[C@H](COS(N)(=O)=O)[C@@H](O)[C@H]2O)n1.CCC(c1cccc(Br)c1)n1ccc(C(=O)c2cncnc2N[C@@H]2C[C@H](COS(N)(=O)=O)[C@@H](O)[C@@H]2F)c1.NS(=O)(=O)OC[C@H]1C[C@@H](Cc2ccncc2C(=O)c2ccn(Cc3ccc(Cl)c(C(F)(F)F)c3)n2)C[C@@H]1O. The Labute approximate surface area is 620 Å². The number of nitrogens with zero attached hydrogens (tertiary/aromatic N) is 10. The molecule has 2 aromatic carbocycles. The zero-order valence-corrected chi connectivity index (χ0v) is 61.6. The van der Waals surface area contributed by atoms with Gasteiger partial charge in [0.2, 0.25) is 11.6 Å². The number of carbonyl (C=O) groups is 3. The summed E-state index contributed by atoms with van der Waals surface area (Å²) in [7, 11) is -12.5. The van der Waals surface area contributed by atoms with E-state index >= 15 is 0 Å². The second-order valence-electron chi connectivity index (χ2n) is 26.1. The largest absolute Gasteiger partial charge is 0.417 e. The number of carbonyl (C=O) groups excluding carboxylic acids is 3. The Hall–Kier alpha value is -8.00. The first-order valence-corrected chi connectivity index (χ1v) is 38.4. The Bertz CT molecular complexity index is 4760. The van der Waals surface area contributed by atoms with Crippen LogP contribution >= 0.6 is 27.5 Å². The highest BCUT2D eigenvalue weighted by Gasteiger charge is 2.45. The second-order valence-corrected chi connectivity index (χ2v) is 31.0. The predicted octanol–water partition coefficient (Wildman–Crippen LogP) is 5.67. The van der Waals surface area contributed by atoms with Crippen LogP contribution in [0.5, 0.6) is 0 Å². The molecule has 8 aromatic rings. The molecule has 3 saturated carbocycles. The molecule has 40 heteroatoms. The molecule has 0 bridgehead atoms. The van der Waals surface area contributed by atoms with Crippen molar-refractivity contribution in [2.75, 3.05) is 30.5 Å². The van der Waals surface area contributed by atoms with Gasteiger partial charge in [-0.25, -0.2) is 39.7 Å². The Morgan fingerprint density at radius 2 is 1.25 bits per heavy atom. The molecule has 0 amide bonds. The normalized spacial score (nSPS) is 22.1. The number of ketones is 3. The molecule has 12 atom stereocenters. The van der Waals surface area contributed by atoms with Crippen molar-refractivity contribution < 1.29 is 90.2 Å². The van der Waals surface area contributed by atoms with Gasteiger partial charge in [-0.05, 0) is 116 Å². The molecule has 1 unspecified atom stereocenters. The molecule has 572 valence electrons. The molecule has 3 aliphatic carbocycles. The number of anilines is 2. The first-order chi connectivity index (χ1) is 49.9. The fourth-order valence-electron chi connectivity index (χ4n) is 12.7. The smallest absolute Gasteiger partial charge is 0.393 e. The highest BCUT2D eigenvalue weighted by atomic mass is 79.9. The summed E-state index contributed by atoms with van der Waals surface area (Å²) in [5.74, 6) is -2.47. The van der Waals surface area contributed by atoms with E-state index < -0.39 is 126 Å². The van der Waals surface area contributed by atoms with E-state index in [1.165, 1.54) is 66.5 Å². The highest BCUT2D eigenvalue weighted by molar-refractivity contribution is 9.10. The molecule has 0 aliphatic heterocycles. The Morgan fingerprint density at radius 1 is 0.679 bits per heavy atom. The van der Waals surface area contributed by atoms with Crippen LogP contribution in [0.2, 0.25) is 5.02 Å². The molecule has 106 heavy (non-hydrogen) atoms. The van der Waals surface area contributed by atoms with Gasteiger partial charge in [-0.15, -0.1) is 0 Å². The van der Waals surface area contributed by atoms with Crippen molar-refractivity contribution >= 4 is 87.4 Å². The lowest BCUT2D eigenvalue weighted by molar-refractivity contribution is -0.137. The van der Waals surface area contributed by atoms with Crippen molar-refractivity contribution in [3.63, 3.8) is 0 Å². The van der Waals surface area contributed by atoms with E-state index in [1.807, 2.05) is 48.9 Å². The summed E-state index contributed by atoms with van der Waals surface area (Å²) in [6.45, 7) is 5.74. The van der Waals surface area contributed by atoms with Crippen LogP contribution < -0.4 is 26.1 Å². The fraction of sp³-hybridized carbons (Fsp3) is 0.424. The van der Waals surface area contributed by atoms with Gasteiger partial charge < -0.3 is 35.6 Å². The first-order valence-electron chi connectivity index (χ1n) is 32.9. The van der Waals surface area contributed by atoms with Crippen LogP contribution in [-0.4, -0.2) is 175 Å². The third-order valence-corrected chi connectivity index (χ3v) is 20.0. The lowest BCUT2D eigenvalue weighted by Crippen LogP contribution is -2.36. The number of halogens is 6. The molecule has 0 radical (unpaired) electrons. The van der Waals surface area contributed by atoms with Crippen molar-refractivity contribution in [2.45, 2.75) is 127 Å². The molecule has 3 aliphatic rings. The van der Waals surface area contributed by atoms with E-state index in [1.54, 1.807) is 35.3 Å². The van der Waals surface area contributed by atoms with E-state index in [-0.39, 0.29) is 84.5 Å². The Morgan fingerprint density at radius 3 is 1.85 bits per heavy atom. The maximum Gasteiger partial charge on any atom is 0.417 e. The van der Waals surface area contributed by atoms with E-state index in [0.29, 0.717) is 54.0 Å².